The third-order valence-corrected chi connectivity index (χ3v) is 5.58. The zero-order chi connectivity index (χ0) is 24.1. The van der Waals surface area contributed by atoms with Crippen molar-refractivity contribution in [3.8, 4) is 5.75 Å². The van der Waals surface area contributed by atoms with Crippen LogP contribution in [0.2, 0.25) is 10.0 Å². The number of urea groups is 1. The molecule has 0 radical (unpaired) electrons. The molecule has 1 aromatic rings. The number of carbonyl (C=O) groups excluding carboxylic acids is 4. The van der Waals surface area contributed by atoms with Crippen molar-refractivity contribution in [1.82, 2.24) is 20.9 Å². The lowest BCUT2D eigenvalue weighted by Crippen LogP contribution is -2.48. The number of hydrogen-bond donors (Lipinski definition) is 3. The molecule has 11 heteroatoms. The van der Waals surface area contributed by atoms with E-state index in [-0.39, 0.29) is 36.3 Å². The fourth-order valence-corrected chi connectivity index (χ4v) is 3.52. The van der Waals surface area contributed by atoms with E-state index in [4.69, 9.17) is 27.9 Å². The van der Waals surface area contributed by atoms with Crippen molar-refractivity contribution in [2.45, 2.75) is 45.7 Å². The Morgan fingerprint density at radius 2 is 1.94 bits per heavy atom. The SMILES string of the molecule is CN(CCC(NC(=O)CC1NC(=O)NC1=O)C(C)(C)C)C(=O)COc1ccc(Cl)cc1Cl. The fourth-order valence-electron chi connectivity index (χ4n) is 3.05. The van der Waals surface area contributed by atoms with Crippen LogP contribution in [0.5, 0.6) is 5.75 Å². The zero-order valence-corrected chi connectivity index (χ0v) is 20.0. The van der Waals surface area contributed by atoms with E-state index in [0.29, 0.717) is 28.8 Å². The Labute approximate surface area is 197 Å². The van der Waals surface area contributed by atoms with Gasteiger partial charge in [0.1, 0.15) is 11.8 Å². The summed E-state index contributed by atoms with van der Waals surface area (Å²) in [5.74, 6) is -0.772. The molecule has 2 rings (SSSR count). The van der Waals surface area contributed by atoms with E-state index in [1.54, 1.807) is 19.2 Å². The van der Waals surface area contributed by atoms with Crippen molar-refractivity contribution in [1.29, 1.82) is 0 Å². The molecular weight excluding hydrogens is 459 g/mol. The van der Waals surface area contributed by atoms with E-state index >= 15 is 0 Å². The summed E-state index contributed by atoms with van der Waals surface area (Å²) in [4.78, 5) is 49.2. The number of rotatable bonds is 9. The van der Waals surface area contributed by atoms with Gasteiger partial charge < -0.3 is 20.3 Å². The summed E-state index contributed by atoms with van der Waals surface area (Å²) < 4.78 is 5.48. The van der Waals surface area contributed by atoms with Crippen LogP contribution < -0.4 is 20.7 Å². The van der Waals surface area contributed by atoms with Gasteiger partial charge in [-0.05, 0) is 30.0 Å². The van der Waals surface area contributed by atoms with E-state index in [0.717, 1.165) is 0 Å². The number of imide groups is 1. The Balaban J connectivity index is 1.86. The third kappa shape index (κ3) is 7.56. The second-order valence-corrected chi connectivity index (χ2v) is 9.52. The molecule has 0 aromatic heterocycles. The molecule has 32 heavy (non-hydrogen) atoms. The van der Waals surface area contributed by atoms with Crippen molar-refractivity contribution in [2.75, 3.05) is 20.2 Å². The average Bonchev–Trinajstić information content (AvgIpc) is 2.99. The number of halogens is 2. The zero-order valence-electron chi connectivity index (χ0n) is 18.5. The van der Waals surface area contributed by atoms with Gasteiger partial charge in [-0.3, -0.25) is 19.7 Å². The lowest BCUT2D eigenvalue weighted by atomic mass is 9.84. The van der Waals surface area contributed by atoms with Crippen LogP contribution in [0, 0.1) is 5.41 Å². The van der Waals surface area contributed by atoms with Gasteiger partial charge in [-0.2, -0.15) is 0 Å². The van der Waals surface area contributed by atoms with Crippen LogP contribution in [0.3, 0.4) is 0 Å². The summed E-state index contributed by atoms with van der Waals surface area (Å²) in [5.41, 5.74) is -0.298. The number of ether oxygens (including phenoxy) is 1. The molecule has 0 bridgehead atoms. The van der Waals surface area contributed by atoms with E-state index in [1.165, 1.54) is 11.0 Å². The molecule has 5 amide bonds. The maximum Gasteiger partial charge on any atom is 0.322 e. The molecule has 0 aliphatic carbocycles. The molecule has 1 saturated heterocycles. The Bertz CT molecular complexity index is 887. The van der Waals surface area contributed by atoms with E-state index in [2.05, 4.69) is 16.0 Å². The van der Waals surface area contributed by atoms with E-state index in [9.17, 15) is 19.2 Å². The van der Waals surface area contributed by atoms with Crippen molar-refractivity contribution in [2.24, 2.45) is 5.41 Å². The largest absolute Gasteiger partial charge is 0.482 e. The van der Waals surface area contributed by atoms with Crippen LogP contribution in [0.4, 0.5) is 4.79 Å². The maximum atomic E-state index is 12.4. The van der Waals surface area contributed by atoms with Gasteiger partial charge in [0, 0.05) is 24.7 Å². The number of nitrogens with zero attached hydrogens (tertiary/aromatic N) is 1. The maximum absolute atomic E-state index is 12.4. The van der Waals surface area contributed by atoms with Crippen LogP contribution >= 0.6 is 23.2 Å². The van der Waals surface area contributed by atoms with Gasteiger partial charge in [0.25, 0.3) is 11.8 Å². The molecule has 0 saturated carbocycles. The Morgan fingerprint density at radius 1 is 1.25 bits per heavy atom. The Morgan fingerprint density at radius 3 is 2.50 bits per heavy atom. The third-order valence-electron chi connectivity index (χ3n) is 5.05. The minimum absolute atomic E-state index is 0.158. The predicted molar refractivity (Wildman–Crippen MR) is 121 cm³/mol. The van der Waals surface area contributed by atoms with Gasteiger partial charge in [0.15, 0.2) is 6.61 Å². The summed E-state index contributed by atoms with van der Waals surface area (Å²) in [6.45, 7) is 6.08. The Kier molecular flexibility index (Phi) is 8.74. The first-order valence-corrected chi connectivity index (χ1v) is 10.8. The number of benzene rings is 1. The van der Waals surface area contributed by atoms with Gasteiger partial charge in [0.2, 0.25) is 5.91 Å². The van der Waals surface area contributed by atoms with E-state index < -0.39 is 18.0 Å². The lowest BCUT2D eigenvalue weighted by Gasteiger charge is -2.33. The minimum atomic E-state index is -0.885. The van der Waals surface area contributed by atoms with Gasteiger partial charge in [-0.15, -0.1) is 0 Å². The monoisotopic (exact) mass is 486 g/mol. The highest BCUT2D eigenvalue weighted by Crippen LogP contribution is 2.27. The molecule has 1 fully saturated rings. The summed E-state index contributed by atoms with van der Waals surface area (Å²) in [6, 6.07) is 2.98. The molecule has 2 atom stereocenters. The average molecular weight is 487 g/mol. The van der Waals surface area contributed by atoms with Crippen LogP contribution in [0.15, 0.2) is 18.2 Å². The molecule has 1 heterocycles. The highest BCUT2D eigenvalue weighted by molar-refractivity contribution is 6.35. The predicted octanol–water partition coefficient (Wildman–Crippen LogP) is 2.35. The number of amides is 5. The van der Waals surface area contributed by atoms with Crippen LogP contribution in [-0.2, 0) is 14.4 Å². The highest BCUT2D eigenvalue weighted by Gasteiger charge is 2.33. The number of hydrogen-bond acceptors (Lipinski definition) is 5. The molecule has 0 spiro atoms. The summed E-state index contributed by atoms with van der Waals surface area (Å²) >= 11 is 11.9. The second kappa shape index (κ2) is 10.9. The standard InChI is InChI=1S/C21H28Cl2N4O5/c1-21(2,3)16(25-17(28)10-14-19(30)26-20(31)24-14)7-8-27(4)18(29)11-32-15-6-5-12(22)9-13(15)23/h5-6,9,14,16H,7-8,10-11H2,1-4H3,(H,25,28)(H2,24,26,30,31). The summed E-state index contributed by atoms with van der Waals surface area (Å²) in [6.07, 6.45) is 0.330. The lowest BCUT2D eigenvalue weighted by molar-refractivity contribution is -0.132. The van der Waals surface area contributed by atoms with Crippen LogP contribution in [-0.4, -0.2) is 60.9 Å². The summed E-state index contributed by atoms with van der Waals surface area (Å²) in [5, 5.41) is 8.20. The smallest absolute Gasteiger partial charge is 0.322 e. The van der Waals surface area contributed by atoms with Gasteiger partial charge in [-0.1, -0.05) is 44.0 Å². The Hall–Kier alpha value is -2.52. The van der Waals surface area contributed by atoms with Gasteiger partial charge >= 0.3 is 6.03 Å². The first-order chi connectivity index (χ1) is 14.9. The normalized spacial score (nSPS) is 16.8. The first kappa shape index (κ1) is 25.7. The van der Waals surface area contributed by atoms with Crippen molar-refractivity contribution in [3.05, 3.63) is 28.2 Å². The minimum Gasteiger partial charge on any atom is -0.482 e. The molecule has 2 unspecified atom stereocenters. The fraction of sp³-hybridized carbons (Fsp3) is 0.524. The molecule has 1 aromatic carbocycles. The van der Waals surface area contributed by atoms with Crippen LogP contribution in [0.1, 0.15) is 33.6 Å². The molecule has 1 aliphatic rings. The van der Waals surface area contributed by atoms with Crippen LogP contribution in [0.25, 0.3) is 0 Å². The number of likely N-dealkylation sites (N-methyl/N-ethyl adjacent to an activating group) is 1. The quantitative estimate of drug-likeness (QED) is 0.463. The topological polar surface area (TPSA) is 117 Å². The molecular formula is C21H28Cl2N4O5. The molecule has 176 valence electrons. The van der Waals surface area contributed by atoms with Crippen molar-refractivity contribution in [3.63, 3.8) is 0 Å². The first-order valence-electron chi connectivity index (χ1n) is 10.1. The van der Waals surface area contributed by atoms with Gasteiger partial charge in [0.05, 0.1) is 11.4 Å². The van der Waals surface area contributed by atoms with E-state index in [1.807, 2.05) is 20.8 Å². The van der Waals surface area contributed by atoms with Gasteiger partial charge in [-0.25, -0.2) is 4.79 Å². The second-order valence-electron chi connectivity index (χ2n) is 8.67. The highest BCUT2D eigenvalue weighted by atomic mass is 35.5. The summed E-state index contributed by atoms with van der Waals surface area (Å²) in [7, 11) is 1.65. The molecule has 9 nitrogen and oxygen atoms in total. The molecule has 1 aliphatic heterocycles. The number of carbonyl (C=O) groups is 4. The molecule has 3 N–H and O–H groups in total. The van der Waals surface area contributed by atoms with Crippen molar-refractivity contribution < 1.29 is 23.9 Å². The van der Waals surface area contributed by atoms with Crippen molar-refractivity contribution >= 4 is 47.0 Å². The number of nitrogens with one attached hydrogen (secondary N) is 3.